The van der Waals surface area contributed by atoms with Crippen LogP contribution in [-0.4, -0.2) is 24.2 Å². The summed E-state index contributed by atoms with van der Waals surface area (Å²) in [5, 5.41) is 6.67. The molecule has 290 valence electrons. The first-order valence-corrected chi connectivity index (χ1v) is 23.0. The smallest absolute Gasteiger partial charge is 0.243 e. The molecule has 0 radical (unpaired) electrons. The molecule has 1 aliphatic rings. The quantitative estimate of drug-likeness (QED) is 0.0882. The summed E-state index contributed by atoms with van der Waals surface area (Å²) in [6, 6.07) is 49.6. The lowest BCUT2D eigenvalue weighted by Gasteiger charge is -2.31. The Bertz CT molecular complexity index is 2320. The first-order valence-electron chi connectivity index (χ1n) is 19.6. The van der Waals surface area contributed by atoms with Gasteiger partial charge in [-0.05, 0) is 69.9 Å². The van der Waals surface area contributed by atoms with Crippen LogP contribution >= 0.6 is 14.3 Å². The molecule has 57 heavy (non-hydrogen) atoms. The summed E-state index contributed by atoms with van der Waals surface area (Å²) < 4.78 is 46.9. The molecule has 0 heterocycles. The predicted octanol–water partition coefficient (Wildman–Crippen LogP) is 8.80. The lowest BCUT2D eigenvalue weighted by molar-refractivity contribution is -0.118. The van der Waals surface area contributed by atoms with Crippen molar-refractivity contribution in [1.82, 2.24) is 5.32 Å². The summed E-state index contributed by atoms with van der Waals surface area (Å²) in [5.74, 6) is 0.653. The molecular formula is C49H49NO5P2. The minimum absolute atomic E-state index is 0.0554. The number of nitrogens with one attached hydrogen (secondary N) is 1. The molecule has 7 rings (SSSR count). The summed E-state index contributed by atoms with van der Waals surface area (Å²) in [6.45, 7) is 7.45. The monoisotopic (exact) mass is 793 g/mol. The zero-order valence-corrected chi connectivity index (χ0v) is 34.3. The zero-order chi connectivity index (χ0) is 39.9. The maximum absolute atomic E-state index is 16.5. The maximum Gasteiger partial charge on any atom is 0.243 e. The summed E-state index contributed by atoms with van der Waals surface area (Å²) in [5.41, 5.74) is 0.295. The molecule has 6 nitrogen and oxygen atoms in total. The highest BCUT2D eigenvalue weighted by Crippen LogP contribution is 2.53. The van der Waals surface area contributed by atoms with Crippen molar-refractivity contribution in [2.24, 2.45) is 0 Å². The normalized spacial score (nSPS) is 13.7. The first-order chi connectivity index (χ1) is 27.6. The SMILES string of the molecule is C=CC(=O)NC(C)(C)COc1cccc(P(=O)(c2ccccc2)c2ccccc2)c1-c1c(OC2CCCCC2)cccc1P(=O)(c1ccccc1)c1ccccc1. The molecule has 6 aromatic rings. The fraction of sp³-hybridized carbons (Fsp3) is 0.204. The van der Waals surface area contributed by atoms with Crippen molar-refractivity contribution < 1.29 is 23.4 Å². The minimum Gasteiger partial charge on any atom is -0.490 e. The van der Waals surface area contributed by atoms with Crippen LogP contribution in [0.1, 0.15) is 46.0 Å². The number of carbonyl (C=O) groups excluding carboxylic acids is 1. The second-order valence-corrected chi connectivity index (χ2v) is 20.6. The number of amides is 1. The van der Waals surface area contributed by atoms with E-state index in [1.165, 1.54) is 6.08 Å². The van der Waals surface area contributed by atoms with E-state index in [2.05, 4.69) is 11.9 Å². The Kier molecular flexibility index (Phi) is 12.1. The number of ether oxygens (including phenoxy) is 2. The van der Waals surface area contributed by atoms with Crippen LogP contribution in [-0.2, 0) is 13.9 Å². The molecule has 1 aliphatic carbocycles. The molecule has 0 spiro atoms. The Morgan fingerprint density at radius 2 is 1.02 bits per heavy atom. The lowest BCUT2D eigenvalue weighted by atomic mass is 9.97. The van der Waals surface area contributed by atoms with Crippen molar-refractivity contribution in [2.45, 2.75) is 57.6 Å². The van der Waals surface area contributed by atoms with Gasteiger partial charge in [-0.3, -0.25) is 4.79 Å². The largest absolute Gasteiger partial charge is 0.490 e. The molecular weight excluding hydrogens is 744 g/mol. The third kappa shape index (κ3) is 8.35. The van der Waals surface area contributed by atoms with Gasteiger partial charge in [-0.1, -0.05) is 146 Å². The van der Waals surface area contributed by atoms with Crippen molar-refractivity contribution in [3.63, 3.8) is 0 Å². The van der Waals surface area contributed by atoms with E-state index in [0.29, 0.717) is 54.5 Å². The molecule has 6 aromatic carbocycles. The molecule has 0 aliphatic heterocycles. The molecule has 8 heteroatoms. The Labute approximate surface area is 336 Å². The molecule has 1 N–H and O–H groups in total. The summed E-state index contributed by atoms with van der Waals surface area (Å²) in [6.07, 6.45) is 6.24. The van der Waals surface area contributed by atoms with Gasteiger partial charge in [0.15, 0.2) is 14.3 Å². The van der Waals surface area contributed by atoms with Crippen molar-refractivity contribution in [2.75, 3.05) is 6.61 Å². The van der Waals surface area contributed by atoms with E-state index in [9.17, 15) is 4.79 Å². The topological polar surface area (TPSA) is 81.7 Å². The van der Waals surface area contributed by atoms with E-state index in [4.69, 9.17) is 9.47 Å². The summed E-state index contributed by atoms with van der Waals surface area (Å²) in [4.78, 5) is 12.5. The van der Waals surface area contributed by atoms with Crippen molar-refractivity contribution in [1.29, 1.82) is 0 Å². The van der Waals surface area contributed by atoms with Crippen molar-refractivity contribution in [3.8, 4) is 22.6 Å². The van der Waals surface area contributed by atoms with Crippen LogP contribution in [0.25, 0.3) is 11.1 Å². The Morgan fingerprint density at radius 1 is 0.614 bits per heavy atom. The van der Waals surface area contributed by atoms with Crippen molar-refractivity contribution >= 4 is 52.0 Å². The van der Waals surface area contributed by atoms with Crippen LogP contribution in [0.2, 0.25) is 0 Å². The average Bonchev–Trinajstić information content (AvgIpc) is 3.26. The predicted molar refractivity (Wildman–Crippen MR) is 236 cm³/mol. The molecule has 0 bridgehead atoms. The summed E-state index contributed by atoms with van der Waals surface area (Å²) in [7, 11) is -7.35. The highest BCUT2D eigenvalue weighted by atomic mass is 31.2. The third-order valence-corrected chi connectivity index (χ3v) is 16.7. The molecule has 0 saturated heterocycles. The van der Waals surface area contributed by atoms with Gasteiger partial charge in [0.2, 0.25) is 5.91 Å². The number of hydrogen-bond acceptors (Lipinski definition) is 5. The van der Waals surface area contributed by atoms with Gasteiger partial charge < -0.3 is 23.9 Å². The van der Waals surface area contributed by atoms with Crippen LogP contribution in [0.5, 0.6) is 11.5 Å². The van der Waals surface area contributed by atoms with Gasteiger partial charge in [-0.25, -0.2) is 0 Å². The van der Waals surface area contributed by atoms with Gasteiger partial charge in [0.25, 0.3) is 0 Å². The zero-order valence-electron chi connectivity index (χ0n) is 32.6. The van der Waals surface area contributed by atoms with E-state index in [-0.39, 0.29) is 18.6 Å². The highest BCUT2D eigenvalue weighted by Gasteiger charge is 2.40. The van der Waals surface area contributed by atoms with Crippen LogP contribution in [0.3, 0.4) is 0 Å². The van der Waals surface area contributed by atoms with E-state index in [0.717, 1.165) is 32.1 Å². The average molecular weight is 794 g/mol. The van der Waals surface area contributed by atoms with Gasteiger partial charge in [-0.15, -0.1) is 0 Å². The van der Waals surface area contributed by atoms with Crippen LogP contribution in [0.15, 0.2) is 170 Å². The van der Waals surface area contributed by atoms with Gasteiger partial charge in [0.1, 0.15) is 18.1 Å². The third-order valence-electron chi connectivity index (χ3n) is 10.5. The highest BCUT2D eigenvalue weighted by molar-refractivity contribution is 7.86. The molecule has 0 atom stereocenters. The van der Waals surface area contributed by atoms with E-state index >= 15 is 9.13 Å². The second-order valence-electron chi connectivity index (χ2n) is 15.1. The fourth-order valence-electron chi connectivity index (χ4n) is 7.73. The standard InChI is InChI=1S/C49H49NO5P2/c1-4-46(51)50-49(2,3)36-54-42-32-20-34-44(56(52,38-24-12-6-13-25-38)39-26-14-7-15-27-39)47(42)48-43(55-37-22-10-5-11-23-37)33-21-35-45(48)57(53,40-28-16-8-17-29-40)41-30-18-9-19-31-41/h4,6-9,12-21,24-35,37H,1,5,10-11,22-23,36H2,2-3H3,(H,50,51). The van der Waals surface area contributed by atoms with Gasteiger partial charge in [0.05, 0.1) is 11.6 Å². The Morgan fingerprint density at radius 3 is 1.44 bits per heavy atom. The van der Waals surface area contributed by atoms with Gasteiger partial charge in [-0.2, -0.15) is 0 Å². The number of rotatable bonds is 14. The number of hydrogen-bond donors (Lipinski definition) is 1. The molecule has 1 fully saturated rings. The van der Waals surface area contributed by atoms with Crippen molar-refractivity contribution in [3.05, 3.63) is 170 Å². The summed E-state index contributed by atoms with van der Waals surface area (Å²) >= 11 is 0. The Balaban J connectivity index is 1.60. The number of carbonyl (C=O) groups is 1. The van der Waals surface area contributed by atoms with Gasteiger partial charge in [0, 0.05) is 43.0 Å². The molecule has 0 unspecified atom stereocenters. The molecule has 1 saturated carbocycles. The van der Waals surface area contributed by atoms with Crippen LogP contribution < -0.4 is 46.6 Å². The number of benzene rings is 6. The fourth-order valence-corrected chi connectivity index (χ4v) is 13.5. The maximum atomic E-state index is 16.5. The second kappa shape index (κ2) is 17.4. The Hall–Kier alpha value is -5.41. The van der Waals surface area contributed by atoms with Crippen LogP contribution in [0.4, 0.5) is 0 Å². The van der Waals surface area contributed by atoms with E-state index in [1.54, 1.807) is 0 Å². The lowest BCUT2D eigenvalue weighted by Crippen LogP contribution is -2.47. The van der Waals surface area contributed by atoms with E-state index < -0.39 is 19.8 Å². The van der Waals surface area contributed by atoms with E-state index in [1.807, 2.05) is 172 Å². The minimum atomic E-state index is -3.69. The molecule has 0 aromatic heterocycles. The molecule has 1 amide bonds. The van der Waals surface area contributed by atoms with Crippen LogP contribution in [0, 0.1) is 0 Å². The van der Waals surface area contributed by atoms with Gasteiger partial charge >= 0.3 is 0 Å². The first kappa shape index (κ1) is 39.8.